The highest BCUT2D eigenvalue weighted by atomic mass is 16.5. The predicted octanol–water partition coefficient (Wildman–Crippen LogP) is 4.58. The summed E-state index contributed by atoms with van der Waals surface area (Å²) in [5.41, 5.74) is 2.43. The summed E-state index contributed by atoms with van der Waals surface area (Å²) in [7, 11) is 1.66. The maximum atomic E-state index is 5.94. The second kappa shape index (κ2) is 10.2. The lowest BCUT2D eigenvalue weighted by Gasteiger charge is -2.15. The van der Waals surface area contributed by atoms with Crippen molar-refractivity contribution in [2.24, 2.45) is 20.2 Å². The van der Waals surface area contributed by atoms with E-state index in [1.165, 1.54) is 25.9 Å². The molecule has 178 valence electrons. The summed E-state index contributed by atoms with van der Waals surface area (Å²) in [5, 5.41) is 12.4. The van der Waals surface area contributed by atoms with Crippen molar-refractivity contribution in [2.45, 2.75) is 19.8 Å². The van der Waals surface area contributed by atoms with Gasteiger partial charge in [0, 0.05) is 12.6 Å². The number of methoxy groups -OCH3 is 1. The lowest BCUT2D eigenvalue weighted by atomic mass is 10.1. The third kappa shape index (κ3) is 5.30. The molecule has 0 radical (unpaired) electrons. The minimum absolute atomic E-state index is 0.321. The molecule has 0 amide bonds. The summed E-state index contributed by atoms with van der Waals surface area (Å²) >= 11 is 0. The number of benzene rings is 3. The summed E-state index contributed by atoms with van der Waals surface area (Å²) < 4.78 is 11.3. The number of ether oxygens (including phenoxy) is 2. The van der Waals surface area contributed by atoms with Gasteiger partial charge in [-0.2, -0.15) is 0 Å². The Morgan fingerprint density at radius 2 is 1.86 bits per heavy atom. The van der Waals surface area contributed by atoms with Gasteiger partial charge in [0.2, 0.25) is 0 Å². The molecule has 5 rings (SSSR count). The van der Waals surface area contributed by atoms with Crippen LogP contribution >= 0.6 is 0 Å². The van der Waals surface area contributed by atoms with Crippen LogP contribution in [0.25, 0.3) is 6.58 Å². The first kappa shape index (κ1) is 22.9. The molecule has 0 aromatic heterocycles. The molecule has 35 heavy (non-hydrogen) atoms. The molecule has 0 N–H and O–H groups in total. The number of aliphatic imine (C=N–C) groups is 1. The third-order valence-corrected chi connectivity index (χ3v) is 6.29. The van der Waals surface area contributed by atoms with Crippen LogP contribution in [0.1, 0.15) is 18.4 Å². The highest BCUT2D eigenvalue weighted by Gasteiger charge is 2.11. The van der Waals surface area contributed by atoms with Gasteiger partial charge >= 0.3 is 0 Å². The van der Waals surface area contributed by atoms with E-state index in [4.69, 9.17) is 9.47 Å². The molecule has 1 fully saturated rings. The van der Waals surface area contributed by atoms with Crippen molar-refractivity contribution in [3.05, 3.63) is 81.2 Å². The van der Waals surface area contributed by atoms with E-state index in [1.54, 1.807) is 7.11 Å². The summed E-state index contributed by atoms with van der Waals surface area (Å²) in [5.74, 6) is 1.90. The number of nitrogens with zero attached hydrogens (tertiary/aromatic N) is 5. The monoisotopic (exact) mass is 467 g/mol. The Morgan fingerprint density at radius 3 is 2.69 bits per heavy atom. The maximum Gasteiger partial charge on any atom is 0.270 e. The van der Waals surface area contributed by atoms with Gasteiger partial charge in [0.15, 0.2) is 0 Å². The standard InChI is InChI=1S/C28H29N5O2/c1-19-9-10-23(34-3)18-25(19)21-15-20(2)27-26(16-21)31-32-28(30-27)29-22-7-6-8-24(17-22)35-14-13-33-11-4-5-12-33/h6-10,15-18H,1,4-5,11-14H2,2-3H3. The maximum absolute atomic E-state index is 5.94. The van der Waals surface area contributed by atoms with Crippen molar-refractivity contribution in [2.75, 3.05) is 33.4 Å². The lowest BCUT2D eigenvalue weighted by molar-refractivity contribution is 0.238. The summed E-state index contributed by atoms with van der Waals surface area (Å²) in [6.07, 6.45) is 2.57. The van der Waals surface area contributed by atoms with Crippen molar-refractivity contribution in [3.8, 4) is 11.5 Å². The number of hydrogen-bond acceptors (Lipinski definition) is 5. The first-order chi connectivity index (χ1) is 17.1. The predicted molar refractivity (Wildman–Crippen MR) is 137 cm³/mol. The van der Waals surface area contributed by atoms with Crippen LogP contribution in [0.15, 0.2) is 74.8 Å². The number of hydrogen-bond donors (Lipinski definition) is 0. The summed E-state index contributed by atoms with van der Waals surface area (Å²) in [6.45, 7) is 10.1. The number of likely N-dealkylation sites (tertiary alicyclic amines) is 1. The smallest absolute Gasteiger partial charge is 0.270 e. The Morgan fingerprint density at radius 1 is 1.00 bits per heavy atom. The van der Waals surface area contributed by atoms with Crippen molar-refractivity contribution in [1.29, 1.82) is 0 Å². The van der Waals surface area contributed by atoms with Crippen LogP contribution in [0.4, 0.5) is 11.4 Å². The molecule has 3 aromatic carbocycles. The highest BCUT2D eigenvalue weighted by molar-refractivity contribution is 5.85. The molecule has 0 unspecified atom stereocenters. The Bertz CT molecular complexity index is 1510. The average Bonchev–Trinajstić information content (AvgIpc) is 3.38. The largest absolute Gasteiger partial charge is 0.497 e. The van der Waals surface area contributed by atoms with Gasteiger partial charge in [-0.3, -0.25) is 4.90 Å². The molecule has 0 aliphatic carbocycles. The second-order valence-electron chi connectivity index (χ2n) is 8.80. The quantitative estimate of drug-likeness (QED) is 0.533. The van der Waals surface area contributed by atoms with E-state index >= 15 is 0 Å². The van der Waals surface area contributed by atoms with E-state index in [0.717, 1.165) is 50.3 Å². The number of azo groups is 1. The number of aryl methyl sites for hydroxylation is 1. The number of guanidine groups is 1. The van der Waals surface area contributed by atoms with Gasteiger partial charge in [-0.05, 0) is 90.5 Å². The van der Waals surface area contributed by atoms with Gasteiger partial charge in [0.05, 0.1) is 18.2 Å². The Balaban J connectivity index is 1.42. The van der Waals surface area contributed by atoms with Crippen molar-refractivity contribution in [3.63, 3.8) is 0 Å². The van der Waals surface area contributed by atoms with Gasteiger partial charge in [-0.1, -0.05) is 18.7 Å². The minimum Gasteiger partial charge on any atom is -0.497 e. The third-order valence-electron chi connectivity index (χ3n) is 6.29. The molecule has 3 aromatic rings. The van der Waals surface area contributed by atoms with E-state index in [2.05, 4.69) is 37.8 Å². The summed E-state index contributed by atoms with van der Waals surface area (Å²) in [6, 6.07) is 17.6. The van der Waals surface area contributed by atoms with E-state index in [0.29, 0.717) is 18.3 Å². The molecular weight excluding hydrogens is 438 g/mol. The first-order valence-corrected chi connectivity index (χ1v) is 11.9. The first-order valence-electron chi connectivity index (χ1n) is 11.9. The number of fused-ring (bicyclic) bond motifs is 1. The van der Waals surface area contributed by atoms with Gasteiger partial charge in [-0.25, -0.2) is 9.98 Å². The molecule has 1 saturated heterocycles. The molecule has 7 nitrogen and oxygen atoms in total. The average molecular weight is 468 g/mol. The molecule has 0 bridgehead atoms. The van der Waals surface area contributed by atoms with E-state index < -0.39 is 0 Å². The normalized spacial score (nSPS) is 17.3. The summed E-state index contributed by atoms with van der Waals surface area (Å²) in [4.78, 5) is 11.7. The molecule has 2 aliphatic rings. The topological polar surface area (TPSA) is 71.1 Å². The van der Waals surface area contributed by atoms with Crippen LogP contribution in [0.3, 0.4) is 0 Å². The molecule has 2 aliphatic heterocycles. The van der Waals surface area contributed by atoms with Gasteiger partial charge in [-0.15, -0.1) is 10.2 Å². The molecular formula is C28H29N5O2. The Kier molecular flexibility index (Phi) is 6.68. The van der Waals surface area contributed by atoms with Crippen LogP contribution < -0.4 is 20.0 Å². The van der Waals surface area contributed by atoms with Crippen LogP contribution in [0.2, 0.25) is 0 Å². The van der Waals surface area contributed by atoms with Crippen molar-refractivity contribution >= 4 is 23.9 Å². The Labute approximate surface area is 204 Å². The van der Waals surface area contributed by atoms with Crippen LogP contribution in [-0.4, -0.2) is 44.2 Å². The Hall–Kier alpha value is -3.84. The van der Waals surface area contributed by atoms with E-state index in [-0.39, 0.29) is 0 Å². The van der Waals surface area contributed by atoms with Gasteiger partial charge < -0.3 is 9.47 Å². The van der Waals surface area contributed by atoms with Crippen molar-refractivity contribution in [1.82, 2.24) is 4.90 Å². The molecule has 7 heteroatoms. The fourth-order valence-corrected chi connectivity index (χ4v) is 4.41. The second-order valence-corrected chi connectivity index (χ2v) is 8.80. The van der Waals surface area contributed by atoms with Gasteiger partial charge in [0.1, 0.15) is 23.8 Å². The van der Waals surface area contributed by atoms with Crippen LogP contribution in [0, 0.1) is 17.4 Å². The number of rotatable bonds is 6. The molecule has 0 spiro atoms. The van der Waals surface area contributed by atoms with E-state index in [1.807, 2.05) is 55.5 Å². The lowest BCUT2D eigenvalue weighted by Crippen LogP contribution is -2.25. The van der Waals surface area contributed by atoms with Crippen LogP contribution in [-0.2, 0) is 0 Å². The SMILES string of the molecule is C=c1ccc(OC)cc1=c1cc(C)c2c(c1)N=NC(=Nc1cccc(OCCN3CCCC3)c1)N=2. The van der Waals surface area contributed by atoms with Crippen LogP contribution in [0.5, 0.6) is 11.5 Å². The molecule has 0 atom stereocenters. The van der Waals surface area contributed by atoms with Gasteiger partial charge in [0.25, 0.3) is 5.96 Å². The zero-order valence-electron chi connectivity index (χ0n) is 20.2. The zero-order valence-corrected chi connectivity index (χ0v) is 20.2. The van der Waals surface area contributed by atoms with Crippen molar-refractivity contribution < 1.29 is 9.47 Å². The fraction of sp³-hybridized carbons (Fsp3) is 0.286. The molecule has 2 heterocycles. The van der Waals surface area contributed by atoms with E-state index in [9.17, 15) is 0 Å². The fourth-order valence-electron chi connectivity index (χ4n) is 4.41. The zero-order chi connectivity index (χ0) is 24.2. The minimum atomic E-state index is 0.321. The molecule has 0 saturated carbocycles. The highest BCUT2D eigenvalue weighted by Crippen LogP contribution is 2.22.